The Morgan fingerprint density at radius 3 is 2.53 bits per heavy atom. The lowest BCUT2D eigenvalue weighted by Crippen LogP contribution is -2.66. The van der Waals surface area contributed by atoms with Crippen molar-refractivity contribution in [1.82, 2.24) is 10.2 Å². The van der Waals surface area contributed by atoms with E-state index in [0.29, 0.717) is 11.5 Å². The molecule has 1 saturated carbocycles. The van der Waals surface area contributed by atoms with E-state index in [1.807, 2.05) is 0 Å². The molecule has 3 aliphatic rings. The van der Waals surface area contributed by atoms with E-state index in [1.54, 1.807) is 0 Å². The van der Waals surface area contributed by atoms with Crippen molar-refractivity contribution in [3.63, 3.8) is 0 Å². The molecule has 0 spiro atoms. The Labute approximate surface area is 105 Å². The Morgan fingerprint density at radius 1 is 1.18 bits per heavy atom. The SMILES string of the molecule is CN1CCNC(C2(C3CCCCC3)COC2)C1. The molecule has 0 aromatic carbocycles. The molecule has 3 rings (SSSR count). The van der Waals surface area contributed by atoms with Gasteiger partial charge in [0.2, 0.25) is 0 Å². The third-order valence-corrected chi connectivity index (χ3v) is 5.23. The number of ether oxygens (including phenoxy) is 1. The number of rotatable bonds is 2. The zero-order chi connectivity index (χ0) is 11.7. The van der Waals surface area contributed by atoms with E-state index >= 15 is 0 Å². The predicted octanol–water partition coefficient (Wildman–Crippen LogP) is 1.49. The number of hydrogen-bond donors (Lipinski definition) is 1. The molecule has 0 amide bonds. The minimum atomic E-state index is 0.467. The molecule has 3 fully saturated rings. The van der Waals surface area contributed by atoms with E-state index in [9.17, 15) is 0 Å². The summed E-state index contributed by atoms with van der Waals surface area (Å²) in [6, 6.07) is 0.665. The third-order valence-electron chi connectivity index (χ3n) is 5.23. The smallest absolute Gasteiger partial charge is 0.0563 e. The van der Waals surface area contributed by atoms with E-state index in [1.165, 1.54) is 45.2 Å². The first-order valence-electron chi connectivity index (χ1n) is 7.31. The van der Waals surface area contributed by atoms with Crippen LogP contribution in [0.1, 0.15) is 32.1 Å². The molecule has 2 saturated heterocycles. The molecule has 3 nitrogen and oxygen atoms in total. The van der Waals surface area contributed by atoms with E-state index in [2.05, 4.69) is 17.3 Å². The lowest BCUT2D eigenvalue weighted by Gasteiger charge is -2.55. The highest BCUT2D eigenvalue weighted by atomic mass is 16.5. The maximum atomic E-state index is 5.62. The van der Waals surface area contributed by atoms with Crippen LogP contribution < -0.4 is 5.32 Å². The third kappa shape index (κ3) is 2.13. The zero-order valence-electron chi connectivity index (χ0n) is 11.1. The van der Waals surface area contributed by atoms with Crippen LogP contribution in [0.15, 0.2) is 0 Å². The summed E-state index contributed by atoms with van der Waals surface area (Å²) in [6.45, 7) is 5.56. The predicted molar refractivity (Wildman–Crippen MR) is 69.1 cm³/mol. The molecular weight excluding hydrogens is 212 g/mol. The van der Waals surface area contributed by atoms with Crippen molar-refractivity contribution in [1.29, 1.82) is 0 Å². The Hall–Kier alpha value is -0.120. The summed E-state index contributed by atoms with van der Waals surface area (Å²) in [5.74, 6) is 0.911. The van der Waals surface area contributed by atoms with Crippen LogP contribution in [-0.2, 0) is 4.74 Å². The van der Waals surface area contributed by atoms with Crippen LogP contribution in [0.4, 0.5) is 0 Å². The maximum Gasteiger partial charge on any atom is 0.0563 e. The van der Waals surface area contributed by atoms with Gasteiger partial charge in [-0.25, -0.2) is 0 Å². The van der Waals surface area contributed by atoms with Crippen molar-refractivity contribution in [3.8, 4) is 0 Å². The Kier molecular flexibility index (Phi) is 3.42. The summed E-state index contributed by atoms with van der Waals surface area (Å²) in [5.41, 5.74) is 0.467. The molecule has 1 unspecified atom stereocenters. The van der Waals surface area contributed by atoms with Crippen LogP contribution in [0.5, 0.6) is 0 Å². The van der Waals surface area contributed by atoms with Crippen molar-refractivity contribution in [2.45, 2.75) is 38.1 Å². The summed E-state index contributed by atoms with van der Waals surface area (Å²) in [7, 11) is 2.25. The first-order chi connectivity index (χ1) is 8.31. The molecule has 0 radical (unpaired) electrons. The molecule has 0 aromatic heterocycles. The first-order valence-corrected chi connectivity index (χ1v) is 7.31. The van der Waals surface area contributed by atoms with Gasteiger partial charge in [0.25, 0.3) is 0 Å². The van der Waals surface area contributed by atoms with Crippen LogP contribution >= 0.6 is 0 Å². The molecule has 1 aliphatic carbocycles. The monoisotopic (exact) mass is 238 g/mol. The van der Waals surface area contributed by atoms with Gasteiger partial charge in [-0.3, -0.25) is 0 Å². The van der Waals surface area contributed by atoms with Gasteiger partial charge in [-0.05, 0) is 25.8 Å². The van der Waals surface area contributed by atoms with Gasteiger partial charge in [-0.15, -0.1) is 0 Å². The van der Waals surface area contributed by atoms with Crippen LogP contribution in [-0.4, -0.2) is 50.8 Å². The van der Waals surface area contributed by atoms with Gasteiger partial charge >= 0.3 is 0 Å². The zero-order valence-corrected chi connectivity index (χ0v) is 11.1. The van der Waals surface area contributed by atoms with E-state index < -0.39 is 0 Å². The normalized spacial score (nSPS) is 35.5. The molecule has 0 aromatic rings. The van der Waals surface area contributed by atoms with Gasteiger partial charge in [0.1, 0.15) is 0 Å². The number of hydrogen-bond acceptors (Lipinski definition) is 3. The summed E-state index contributed by atoms with van der Waals surface area (Å²) >= 11 is 0. The number of nitrogens with zero attached hydrogens (tertiary/aromatic N) is 1. The molecule has 1 atom stereocenters. The van der Waals surface area contributed by atoms with Gasteiger partial charge in [0, 0.05) is 31.1 Å². The fraction of sp³-hybridized carbons (Fsp3) is 1.00. The van der Waals surface area contributed by atoms with Crippen molar-refractivity contribution in [2.75, 3.05) is 39.9 Å². The van der Waals surface area contributed by atoms with E-state index in [4.69, 9.17) is 4.74 Å². The van der Waals surface area contributed by atoms with Gasteiger partial charge in [-0.1, -0.05) is 19.3 Å². The van der Waals surface area contributed by atoms with Gasteiger partial charge in [0.15, 0.2) is 0 Å². The summed E-state index contributed by atoms with van der Waals surface area (Å²) in [5, 5.41) is 3.77. The number of likely N-dealkylation sites (N-methyl/N-ethyl adjacent to an activating group) is 1. The summed E-state index contributed by atoms with van der Waals surface area (Å²) in [6.07, 6.45) is 7.20. The standard InChI is InChI=1S/C14H26N2O/c1-16-8-7-15-13(9-16)14(10-17-11-14)12-5-3-2-4-6-12/h12-13,15H,2-11H2,1H3. The molecule has 2 aliphatic heterocycles. The molecule has 1 N–H and O–H groups in total. The largest absolute Gasteiger partial charge is 0.380 e. The molecule has 0 bridgehead atoms. The lowest BCUT2D eigenvalue weighted by atomic mass is 9.63. The topological polar surface area (TPSA) is 24.5 Å². The Morgan fingerprint density at radius 2 is 1.94 bits per heavy atom. The van der Waals surface area contributed by atoms with Gasteiger partial charge in [0.05, 0.1) is 13.2 Å². The van der Waals surface area contributed by atoms with Crippen molar-refractivity contribution >= 4 is 0 Å². The minimum absolute atomic E-state index is 0.467. The average molecular weight is 238 g/mol. The average Bonchev–Trinajstić information content (AvgIpc) is 2.29. The minimum Gasteiger partial charge on any atom is -0.380 e. The maximum absolute atomic E-state index is 5.62. The van der Waals surface area contributed by atoms with E-state index in [0.717, 1.165) is 25.7 Å². The second-order valence-corrected chi connectivity index (χ2v) is 6.33. The van der Waals surface area contributed by atoms with Crippen LogP contribution in [0, 0.1) is 11.3 Å². The highest BCUT2D eigenvalue weighted by molar-refractivity contribution is 5.03. The van der Waals surface area contributed by atoms with Gasteiger partial charge < -0.3 is 15.0 Å². The Balaban J connectivity index is 1.71. The van der Waals surface area contributed by atoms with Crippen molar-refractivity contribution < 1.29 is 4.74 Å². The molecule has 17 heavy (non-hydrogen) atoms. The number of nitrogens with one attached hydrogen (secondary N) is 1. The molecular formula is C14H26N2O. The number of piperazine rings is 1. The van der Waals surface area contributed by atoms with Crippen LogP contribution in [0.2, 0.25) is 0 Å². The van der Waals surface area contributed by atoms with Crippen molar-refractivity contribution in [3.05, 3.63) is 0 Å². The molecule has 98 valence electrons. The summed E-state index contributed by atoms with van der Waals surface area (Å²) in [4.78, 5) is 2.48. The first kappa shape index (κ1) is 11.9. The second-order valence-electron chi connectivity index (χ2n) is 6.33. The van der Waals surface area contributed by atoms with Gasteiger partial charge in [-0.2, -0.15) is 0 Å². The fourth-order valence-corrected chi connectivity index (χ4v) is 4.02. The Bertz CT molecular complexity index is 259. The quantitative estimate of drug-likeness (QED) is 0.789. The molecule has 2 heterocycles. The fourth-order valence-electron chi connectivity index (χ4n) is 4.02. The lowest BCUT2D eigenvalue weighted by molar-refractivity contribution is -0.176. The second kappa shape index (κ2) is 4.87. The highest BCUT2D eigenvalue weighted by Gasteiger charge is 2.51. The van der Waals surface area contributed by atoms with E-state index in [-0.39, 0.29) is 0 Å². The highest BCUT2D eigenvalue weighted by Crippen LogP contribution is 2.46. The van der Waals surface area contributed by atoms with Crippen LogP contribution in [0.3, 0.4) is 0 Å². The summed E-state index contributed by atoms with van der Waals surface area (Å²) < 4.78 is 5.62. The van der Waals surface area contributed by atoms with Crippen LogP contribution in [0.25, 0.3) is 0 Å². The molecule has 3 heteroatoms. The van der Waals surface area contributed by atoms with Crippen molar-refractivity contribution in [2.24, 2.45) is 11.3 Å².